The van der Waals surface area contributed by atoms with Crippen LogP contribution < -0.4 is 5.56 Å². The third-order valence-electron chi connectivity index (χ3n) is 0.789. The number of aromatic nitrogens is 1. The van der Waals surface area contributed by atoms with Crippen molar-refractivity contribution in [3.05, 3.63) is 20.8 Å². The van der Waals surface area contributed by atoms with Crippen LogP contribution in [0.2, 0.25) is 4.34 Å². The summed E-state index contributed by atoms with van der Waals surface area (Å²) in [7, 11) is 0. The second kappa shape index (κ2) is 2.73. The minimum atomic E-state index is -0.139. The van der Waals surface area contributed by atoms with Crippen molar-refractivity contribution >= 4 is 34.7 Å². The van der Waals surface area contributed by atoms with Crippen molar-refractivity contribution in [2.45, 2.75) is 6.00 Å². The van der Waals surface area contributed by atoms with E-state index in [-0.39, 0.29) is 11.6 Å². The Morgan fingerprint density at radius 2 is 2.44 bits per heavy atom. The molecule has 5 heteroatoms. The van der Waals surface area contributed by atoms with Gasteiger partial charge in [-0.05, 0) is 11.5 Å². The molecule has 0 aromatic carbocycles. The van der Waals surface area contributed by atoms with Crippen molar-refractivity contribution in [2.24, 2.45) is 0 Å². The molecule has 0 amide bonds. The lowest BCUT2D eigenvalue weighted by atomic mass is 10.7. The molecule has 0 aliphatic carbocycles. The summed E-state index contributed by atoms with van der Waals surface area (Å²) in [6.45, 7) is 0. The Kier molecular flexibility index (Phi) is 2.16. The smallest absolute Gasteiger partial charge is 0.263 e. The van der Waals surface area contributed by atoms with Crippen LogP contribution in [0, 0.1) is 0 Å². The summed E-state index contributed by atoms with van der Waals surface area (Å²) in [5, 5.41) is 0. The first kappa shape index (κ1) is 7.12. The predicted octanol–water partition coefficient (Wildman–Crippen LogP) is 1.76. The Hall–Kier alpha value is 0.01000. The van der Waals surface area contributed by atoms with Crippen molar-refractivity contribution in [3.8, 4) is 0 Å². The molecule has 0 aliphatic heterocycles. The maximum absolute atomic E-state index is 10.7. The summed E-state index contributed by atoms with van der Waals surface area (Å²) >= 11 is 12.0. The average molecular weight is 184 g/mol. The number of alkyl halides is 1. The molecule has 50 valence electrons. The van der Waals surface area contributed by atoms with Gasteiger partial charge in [0.2, 0.25) is 0 Å². The quantitative estimate of drug-likeness (QED) is 0.609. The molecule has 0 atom stereocenters. The Balaban J connectivity index is 3.16. The zero-order valence-electron chi connectivity index (χ0n) is 4.30. The first-order valence-corrected chi connectivity index (χ1v) is 3.85. The molecule has 1 heterocycles. The van der Waals surface area contributed by atoms with Crippen molar-refractivity contribution in [2.75, 3.05) is 0 Å². The van der Waals surface area contributed by atoms with Gasteiger partial charge in [0.1, 0.15) is 10.3 Å². The van der Waals surface area contributed by atoms with Crippen molar-refractivity contribution in [3.63, 3.8) is 0 Å². The fraction of sp³-hybridized carbons (Fsp3) is 0.250. The normalized spacial score (nSPS) is 10.0. The van der Waals surface area contributed by atoms with Gasteiger partial charge in [0, 0.05) is 6.07 Å². The van der Waals surface area contributed by atoms with E-state index in [1.165, 1.54) is 10.0 Å². The second-order valence-electron chi connectivity index (χ2n) is 1.38. The van der Waals surface area contributed by atoms with Gasteiger partial charge in [-0.2, -0.15) is 0 Å². The molecule has 9 heavy (non-hydrogen) atoms. The number of hydrogen-bond acceptors (Lipinski definition) is 2. The Labute approximate surface area is 65.8 Å². The highest BCUT2D eigenvalue weighted by Gasteiger charge is 1.97. The molecule has 1 aromatic rings. The molecule has 0 bridgehead atoms. The summed E-state index contributed by atoms with van der Waals surface area (Å²) in [4.78, 5) is 10.7. The zero-order valence-corrected chi connectivity index (χ0v) is 6.63. The first-order chi connectivity index (χ1) is 4.24. The fourth-order valence-electron chi connectivity index (χ4n) is 0.429. The topological polar surface area (TPSA) is 22.0 Å². The van der Waals surface area contributed by atoms with Crippen LogP contribution in [0.25, 0.3) is 0 Å². The van der Waals surface area contributed by atoms with E-state index in [9.17, 15) is 4.79 Å². The predicted molar refractivity (Wildman–Crippen MR) is 39.4 cm³/mol. The van der Waals surface area contributed by atoms with Crippen molar-refractivity contribution in [1.29, 1.82) is 0 Å². The second-order valence-corrected chi connectivity index (χ2v) is 3.31. The first-order valence-electron chi connectivity index (χ1n) is 2.16. The molecular weight excluding hydrogens is 181 g/mol. The maximum atomic E-state index is 10.7. The van der Waals surface area contributed by atoms with Gasteiger partial charge >= 0.3 is 0 Å². The van der Waals surface area contributed by atoms with Crippen LogP contribution in [0.15, 0.2) is 10.9 Å². The highest BCUT2D eigenvalue weighted by Crippen LogP contribution is 2.11. The molecule has 2 nitrogen and oxygen atoms in total. The third-order valence-corrected chi connectivity index (χ3v) is 2.31. The van der Waals surface area contributed by atoms with Crippen LogP contribution in [0.1, 0.15) is 0 Å². The lowest BCUT2D eigenvalue weighted by Crippen LogP contribution is -2.08. The average Bonchev–Trinajstić information content (AvgIpc) is 2.10. The molecular formula is C4H3Cl2NOS. The Morgan fingerprint density at radius 1 is 1.78 bits per heavy atom. The third kappa shape index (κ3) is 1.47. The fourth-order valence-corrected chi connectivity index (χ4v) is 1.59. The minimum Gasteiger partial charge on any atom is -0.268 e. The van der Waals surface area contributed by atoms with E-state index < -0.39 is 0 Å². The number of nitrogens with zero attached hydrogens (tertiary/aromatic N) is 1. The van der Waals surface area contributed by atoms with Crippen LogP contribution in [0.5, 0.6) is 0 Å². The van der Waals surface area contributed by atoms with Crippen LogP contribution in [-0.2, 0) is 6.00 Å². The molecule has 0 unspecified atom stereocenters. The minimum absolute atomic E-state index is 0.139. The van der Waals surface area contributed by atoms with Crippen molar-refractivity contribution in [1.82, 2.24) is 3.96 Å². The summed E-state index contributed by atoms with van der Waals surface area (Å²) < 4.78 is 1.84. The van der Waals surface area contributed by atoms with Crippen LogP contribution in [0.4, 0.5) is 0 Å². The SMILES string of the molecule is O=c1cc(Cl)sn1CCl. The lowest BCUT2D eigenvalue weighted by molar-refractivity contribution is 0.945. The van der Waals surface area contributed by atoms with Crippen molar-refractivity contribution < 1.29 is 0 Å². The van der Waals surface area contributed by atoms with Gasteiger partial charge in [-0.15, -0.1) is 11.6 Å². The van der Waals surface area contributed by atoms with Crippen LogP contribution in [0.3, 0.4) is 0 Å². The Morgan fingerprint density at radius 3 is 2.67 bits per heavy atom. The van der Waals surface area contributed by atoms with Gasteiger partial charge in [0.05, 0.1) is 0 Å². The van der Waals surface area contributed by atoms with Gasteiger partial charge < -0.3 is 0 Å². The zero-order chi connectivity index (χ0) is 6.85. The lowest BCUT2D eigenvalue weighted by Gasteiger charge is -1.85. The van der Waals surface area contributed by atoms with Gasteiger partial charge in [0.25, 0.3) is 5.56 Å². The monoisotopic (exact) mass is 183 g/mol. The van der Waals surface area contributed by atoms with E-state index >= 15 is 0 Å². The van der Waals surface area contributed by atoms with Gasteiger partial charge in [-0.1, -0.05) is 11.6 Å². The molecule has 0 aliphatic rings. The highest BCUT2D eigenvalue weighted by molar-refractivity contribution is 7.11. The standard InChI is InChI=1S/C4H3Cl2NOS/c5-2-7-4(8)1-3(6)9-7/h1H,2H2. The molecule has 0 N–H and O–H groups in total. The molecule has 1 aromatic heterocycles. The molecule has 0 saturated heterocycles. The highest BCUT2D eigenvalue weighted by atomic mass is 35.5. The summed E-state index contributed by atoms with van der Waals surface area (Å²) in [6, 6.07) is 1.52. The molecule has 0 saturated carbocycles. The molecule has 0 spiro atoms. The van der Waals surface area contributed by atoms with E-state index in [2.05, 4.69) is 0 Å². The largest absolute Gasteiger partial charge is 0.268 e. The van der Waals surface area contributed by atoms with Gasteiger partial charge in [0.15, 0.2) is 0 Å². The summed E-state index contributed by atoms with van der Waals surface area (Å²) in [6.07, 6.45) is 0. The van der Waals surface area contributed by atoms with Gasteiger partial charge in [-0.3, -0.25) is 4.79 Å². The van der Waals surface area contributed by atoms with E-state index in [1.54, 1.807) is 0 Å². The van der Waals surface area contributed by atoms with Crippen LogP contribution in [-0.4, -0.2) is 3.96 Å². The number of rotatable bonds is 1. The van der Waals surface area contributed by atoms with E-state index in [0.29, 0.717) is 4.34 Å². The number of halogens is 2. The molecule has 1 rings (SSSR count). The molecule has 0 radical (unpaired) electrons. The maximum Gasteiger partial charge on any atom is 0.263 e. The van der Waals surface area contributed by atoms with Gasteiger partial charge in [-0.25, -0.2) is 3.96 Å². The summed E-state index contributed by atoms with van der Waals surface area (Å²) in [5.41, 5.74) is -0.139. The number of hydrogen-bond donors (Lipinski definition) is 0. The Bertz CT molecular complexity index is 253. The van der Waals surface area contributed by atoms with Crippen LogP contribution >= 0.6 is 34.7 Å². The van der Waals surface area contributed by atoms with E-state index in [1.807, 2.05) is 0 Å². The van der Waals surface area contributed by atoms with E-state index in [4.69, 9.17) is 23.2 Å². The molecule has 0 fully saturated rings. The summed E-state index contributed by atoms with van der Waals surface area (Å²) in [5.74, 6) is 0. The van der Waals surface area contributed by atoms with E-state index in [0.717, 1.165) is 11.5 Å².